The third-order valence-electron chi connectivity index (χ3n) is 3.35. The van der Waals surface area contributed by atoms with Crippen molar-refractivity contribution in [1.29, 1.82) is 0 Å². The normalized spacial score (nSPS) is 15.2. The van der Waals surface area contributed by atoms with Gasteiger partial charge in [-0.15, -0.1) is 24.8 Å². The van der Waals surface area contributed by atoms with Crippen molar-refractivity contribution in [3.05, 3.63) is 28.2 Å². The third kappa shape index (κ3) is 4.52. The predicted molar refractivity (Wildman–Crippen MR) is 91.1 cm³/mol. The van der Waals surface area contributed by atoms with Crippen molar-refractivity contribution < 1.29 is 4.79 Å². The van der Waals surface area contributed by atoms with Crippen LogP contribution in [0.3, 0.4) is 0 Å². The molecule has 4 nitrogen and oxygen atoms in total. The summed E-state index contributed by atoms with van der Waals surface area (Å²) in [5, 5.41) is 0. The number of carbonyl (C=O) groups excluding carboxylic acids is 1. The molecule has 1 aliphatic rings. The maximum atomic E-state index is 12.3. The lowest BCUT2D eigenvalue weighted by Crippen LogP contribution is -2.48. The van der Waals surface area contributed by atoms with E-state index in [1.54, 1.807) is 12.1 Å². The van der Waals surface area contributed by atoms with Crippen molar-refractivity contribution in [3.8, 4) is 0 Å². The van der Waals surface area contributed by atoms with E-state index in [2.05, 4.69) is 27.8 Å². The number of hydrogen-bond acceptors (Lipinski definition) is 3. The SMILES string of the molecule is CCN1CCN(C(=O)c2ccc(Br)cc2N)CC1.Cl.Cl. The van der Waals surface area contributed by atoms with E-state index in [1.165, 1.54) is 0 Å². The van der Waals surface area contributed by atoms with Crippen LogP contribution in [0.15, 0.2) is 22.7 Å². The first-order chi connectivity index (χ1) is 8.61. The van der Waals surface area contributed by atoms with Crippen molar-refractivity contribution in [2.45, 2.75) is 6.92 Å². The average Bonchev–Trinajstić information content (AvgIpc) is 2.38. The lowest BCUT2D eigenvalue weighted by molar-refractivity contribution is 0.0644. The molecule has 0 bridgehead atoms. The molecule has 0 radical (unpaired) electrons. The number of benzene rings is 1. The first kappa shape index (κ1) is 19.5. The summed E-state index contributed by atoms with van der Waals surface area (Å²) in [7, 11) is 0. The number of nitrogens with zero attached hydrogens (tertiary/aromatic N) is 2. The molecule has 1 fully saturated rings. The molecule has 0 atom stereocenters. The fourth-order valence-electron chi connectivity index (χ4n) is 2.17. The minimum Gasteiger partial charge on any atom is -0.398 e. The van der Waals surface area contributed by atoms with Crippen molar-refractivity contribution in [2.24, 2.45) is 0 Å². The van der Waals surface area contributed by atoms with Gasteiger partial charge in [-0.3, -0.25) is 4.79 Å². The highest BCUT2D eigenvalue weighted by Crippen LogP contribution is 2.20. The molecule has 0 saturated carbocycles. The van der Waals surface area contributed by atoms with Gasteiger partial charge in [-0.2, -0.15) is 0 Å². The topological polar surface area (TPSA) is 49.6 Å². The fourth-order valence-corrected chi connectivity index (χ4v) is 2.54. The summed E-state index contributed by atoms with van der Waals surface area (Å²) in [5.74, 6) is 0.0377. The van der Waals surface area contributed by atoms with Crippen LogP contribution in [0.4, 0.5) is 5.69 Å². The highest BCUT2D eigenvalue weighted by atomic mass is 79.9. The Morgan fingerprint density at radius 3 is 2.35 bits per heavy atom. The van der Waals surface area contributed by atoms with Gasteiger partial charge in [-0.25, -0.2) is 0 Å². The van der Waals surface area contributed by atoms with Crippen LogP contribution in [0.5, 0.6) is 0 Å². The summed E-state index contributed by atoms with van der Waals surface area (Å²) in [4.78, 5) is 16.6. The molecule has 2 rings (SSSR count). The number of piperazine rings is 1. The molecule has 1 heterocycles. The summed E-state index contributed by atoms with van der Waals surface area (Å²) in [6.07, 6.45) is 0. The van der Waals surface area contributed by atoms with Crippen molar-refractivity contribution in [2.75, 3.05) is 38.5 Å². The van der Waals surface area contributed by atoms with Crippen LogP contribution in [-0.2, 0) is 0 Å². The van der Waals surface area contributed by atoms with Gasteiger partial charge in [0, 0.05) is 36.3 Å². The summed E-state index contributed by atoms with van der Waals surface area (Å²) < 4.78 is 0.896. The smallest absolute Gasteiger partial charge is 0.256 e. The third-order valence-corrected chi connectivity index (χ3v) is 3.84. The Kier molecular flexibility index (Phi) is 8.51. The van der Waals surface area contributed by atoms with Gasteiger partial charge in [0.05, 0.1) is 5.56 Å². The maximum absolute atomic E-state index is 12.3. The quantitative estimate of drug-likeness (QED) is 0.797. The number of anilines is 1. The zero-order valence-electron chi connectivity index (χ0n) is 11.3. The Bertz CT molecular complexity index is 451. The second kappa shape index (κ2) is 8.72. The molecule has 0 spiro atoms. The molecule has 0 aliphatic carbocycles. The Balaban J connectivity index is 0.00000180. The van der Waals surface area contributed by atoms with E-state index >= 15 is 0 Å². The van der Waals surface area contributed by atoms with E-state index in [4.69, 9.17) is 5.73 Å². The summed E-state index contributed by atoms with van der Waals surface area (Å²) in [6.45, 7) is 6.63. The molecule has 1 aromatic carbocycles. The number of rotatable bonds is 2. The van der Waals surface area contributed by atoms with Gasteiger partial charge >= 0.3 is 0 Å². The minimum absolute atomic E-state index is 0. The van der Waals surface area contributed by atoms with E-state index in [1.807, 2.05) is 11.0 Å². The van der Waals surface area contributed by atoms with Crippen LogP contribution in [0.25, 0.3) is 0 Å². The molecular weight excluding hydrogens is 365 g/mol. The molecule has 114 valence electrons. The number of halogens is 3. The number of carbonyl (C=O) groups is 1. The molecular formula is C13H20BrCl2N3O. The monoisotopic (exact) mass is 383 g/mol. The highest BCUT2D eigenvalue weighted by Gasteiger charge is 2.22. The van der Waals surface area contributed by atoms with E-state index < -0.39 is 0 Å². The van der Waals surface area contributed by atoms with Crippen LogP contribution in [-0.4, -0.2) is 48.4 Å². The van der Waals surface area contributed by atoms with Gasteiger partial charge in [-0.05, 0) is 24.7 Å². The van der Waals surface area contributed by atoms with E-state index in [0.717, 1.165) is 37.2 Å². The zero-order valence-corrected chi connectivity index (χ0v) is 14.6. The second-order valence-corrected chi connectivity index (χ2v) is 5.37. The molecule has 1 amide bonds. The van der Waals surface area contributed by atoms with Gasteiger partial charge in [0.15, 0.2) is 0 Å². The summed E-state index contributed by atoms with van der Waals surface area (Å²) in [5.41, 5.74) is 7.03. The first-order valence-corrected chi connectivity index (χ1v) is 6.97. The lowest BCUT2D eigenvalue weighted by Gasteiger charge is -2.34. The molecule has 1 saturated heterocycles. The number of likely N-dealkylation sites (N-methyl/N-ethyl adjacent to an activating group) is 1. The zero-order chi connectivity index (χ0) is 13.1. The number of nitrogens with two attached hydrogens (primary N) is 1. The molecule has 7 heteroatoms. The van der Waals surface area contributed by atoms with Crippen molar-refractivity contribution in [1.82, 2.24) is 9.80 Å². The van der Waals surface area contributed by atoms with Crippen molar-refractivity contribution in [3.63, 3.8) is 0 Å². The summed E-state index contributed by atoms with van der Waals surface area (Å²) in [6, 6.07) is 5.41. The van der Waals surface area contributed by atoms with Crippen LogP contribution >= 0.6 is 40.7 Å². The summed E-state index contributed by atoms with van der Waals surface area (Å²) >= 11 is 3.35. The number of nitrogen functional groups attached to an aromatic ring is 1. The average molecular weight is 385 g/mol. The molecule has 2 N–H and O–H groups in total. The highest BCUT2D eigenvalue weighted by molar-refractivity contribution is 9.10. The maximum Gasteiger partial charge on any atom is 0.256 e. The number of amides is 1. The van der Waals surface area contributed by atoms with Gasteiger partial charge in [0.2, 0.25) is 0 Å². The van der Waals surface area contributed by atoms with Crippen LogP contribution < -0.4 is 5.73 Å². The van der Waals surface area contributed by atoms with Crippen LogP contribution in [0.1, 0.15) is 17.3 Å². The van der Waals surface area contributed by atoms with Gasteiger partial charge in [0.25, 0.3) is 5.91 Å². The second-order valence-electron chi connectivity index (χ2n) is 4.46. The molecule has 0 aromatic heterocycles. The van der Waals surface area contributed by atoms with Crippen molar-refractivity contribution >= 4 is 52.3 Å². The molecule has 0 unspecified atom stereocenters. The van der Waals surface area contributed by atoms with Gasteiger partial charge in [-0.1, -0.05) is 22.9 Å². The van der Waals surface area contributed by atoms with E-state index in [0.29, 0.717) is 11.3 Å². The molecule has 1 aliphatic heterocycles. The Hall–Kier alpha value is -0.490. The lowest BCUT2D eigenvalue weighted by atomic mass is 10.1. The van der Waals surface area contributed by atoms with Crippen LogP contribution in [0, 0.1) is 0 Å². The largest absolute Gasteiger partial charge is 0.398 e. The Morgan fingerprint density at radius 2 is 1.85 bits per heavy atom. The standard InChI is InChI=1S/C13H18BrN3O.2ClH/c1-2-16-5-7-17(8-6-16)13(18)11-4-3-10(14)9-12(11)15;;/h3-4,9H,2,5-8,15H2,1H3;2*1H. The number of hydrogen-bond donors (Lipinski definition) is 1. The Morgan fingerprint density at radius 1 is 1.25 bits per heavy atom. The Labute approximate surface area is 140 Å². The predicted octanol–water partition coefficient (Wildman–Crippen LogP) is 2.65. The van der Waals surface area contributed by atoms with Gasteiger partial charge in [0.1, 0.15) is 0 Å². The van der Waals surface area contributed by atoms with E-state index in [9.17, 15) is 4.79 Å². The van der Waals surface area contributed by atoms with Gasteiger partial charge < -0.3 is 15.5 Å². The minimum atomic E-state index is 0. The van der Waals surface area contributed by atoms with Crippen LogP contribution in [0.2, 0.25) is 0 Å². The first-order valence-electron chi connectivity index (χ1n) is 6.18. The molecule has 1 aromatic rings. The fraction of sp³-hybridized carbons (Fsp3) is 0.462. The molecule has 20 heavy (non-hydrogen) atoms. The van der Waals surface area contributed by atoms with E-state index in [-0.39, 0.29) is 30.7 Å².